The molecule has 2 aliphatic carbocycles. The summed E-state index contributed by atoms with van der Waals surface area (Å²) in [7, 11) is 0. The van der Waals surface area contributed by atoms with E-state index in [1.165, 1.54) is 18.3 Å². The molecule has 5 aliphatic rings. The predicted molar refractivity (Wildman–Crippen MR) is 167 cm³/mol. The quantitative estimate of drug-likeness (QED) is 0.208. The lowest BCUT2D eigenvalue weighted by Crippen LogP contribution is -2.49. The number of hydrogen-bond acceptors (Lipinski definition) is 8. The Morgan fingerprint density at radius 2 is 1.98 bits per heavy atom. The highest BCUT2D eigenvalue weighted by molar-refractivity contribution is 6.02. The molecule has 2 saturated carbocycles. The van der Waals surface area contributed by atoms with Gasteiger partial charge < -0.3 is 19.1 Å². The second kappa shape index (κ2) is 11.0. The number of aromatic nitrogens is 3. The van der Waals surface area contributed by atoms with Crippen LogP contribution in [0.5, 0.6) is 11.8 Å². The summed E-state index contributed by atoms with van der Waals surface area (Å²) in [6.45, 7) is -1.46. The highest BCUT2D eigenvalue weighted by Crippen LogP contribution is 2.66. The Morgan fingerprint density at radius 3 is 2.79 bits per heavy atom. The summed E-state index contributed by atoms with van der Waals surface area (Å²) in [5.41, 5.74) is -0.254. The number of halogens is 5. The number of nitrogens with zero attached hydrogens (tertiary/aromatic N) is 5. The number of ether oxygens (including phenoxy) is 3. The Labute approximate surface area is 275 Å². The summed E-state index contributed by atoms with van der Waals surface area (Å²) < 4.78 is 106. The molecule has 2 aromatic heterocycles. The van der Waals surface area contributed by atoms with Crippen LogP contribution in [0.2, 0.25) is 0 Å². The van der Waals surface area contributed by atoms with Crippen molar-refractivity contribution in [2.24, 2.45) is 11.3 Å². The predicted octanol–water partition coefficient (Wildman–Crippen LogP) is 6.46. The third-order valence-electron chi connectivity index (χ3n) is 11.3. The number of alkyl halides is 2. The van der Waals surface area contributed by atoms with Crippen molar-refractivity contribution in [3.8, 4) is 23.0 Å². The number of hydrogen-bond donors (Lipinski definition) is 0. The van der Waals surface area contributed by atoms with Crippen molar-refractivity contribution in [2.45, 2.75) is 43.4 Å². The summed E-state index contributed by atoms with van der Waals surface area (Å²) >= 11 is 0. The third kappa shape index (κ3) is 4.35. The van der Waals surface area contributed by atoms with Gasteiger partial charge in [0, 0.05) is 36.2 Å². The minimum atomic E-state index is -3.73. The molecule has 0 radical (unpaired) electrons. The molecular formula is C35H32F5N5O3. The molecule has 3 saturated heterocycles. The molecule has 13 heteroatoms. The molecule has 1 spiro atoms. The average molecular weight is 668 g/mol. The largest absolute Gasteiger partial charge is 0.461 e. The second-order valence-corrected chi connectivity index (χ2v) is 13.6. The highest BCUT2D eigenvalue weighted by atomic mass is 19.1. The van der Waals surface area contributed by atoms with Gasteiger partial charge >= 0.3 is 6.01 Å². The van der Waals surface area contributed by atoms with Crippen LogP contribution in [0.15, 0.2) is 48.4 Å². The first-order valence-corrected chi connectivity index (χ1v) is 16.1. The zero-order valence-corrected chi connectivity index (χ0v) is 25.7. The lowest BCUT2D eigenvalue weighted by molar-refractivity contribution is 0.0649. The van der Waals surface area contributed by atoms with Gasteiger partial charge in [0.15, 0.2) is 17.4 Å². The summed E-state index contributed by atoms with van der Waals surface area (Å²) in [6, 6.07) is 6.27. The topological polar surface area (TPSA) is 72.8 Å². The van der Waals surface area contributed by atoms with Gasteiger partial charge in [0.2, 0.25) is 6.81 Å². The van der Waals surface area contributed by atoms with E-state index < -0.39 is 41.9 Å². The van der Waals surface area contributed by atoms with E-state index >= 15 is 13.2 Å². The molecule has 48 heavy (non-hydrogen) atoms. The third-order valence-corrected chi connectivity index (χ3v) is 11.3. The Kier molecular flexibility index (Phi) is 6.35. The van der Waals surface area contributed by atoms with Gasteiger partial charge in [-0.25, -0.2) is 22.0 Å². The van der Waals surface area contributed by atoms with Crippen LogP contribution >= 0.6 is 0 Å². The molecule has 250 valence electrons. The van der Waals surface area contributed by atoms with E-state index in [9.17, 15) is 8.78 Å². The Hall–Kier alpha value is -4.10. The van der Waals surface area contributed by atoms with Crippen molar-refractivity contribution < 1.29 is 38.9 Å². The SMILES string of the molecule is [2H]C([2H])(F)Oc1c(F)ccc2cccc(-c3ncc4c(N5CCOC[C@H]6[C@H](F)[C@H]65)nc(OC[C@]56C/C(=C\F)CN5CCC65CC5)nc4c3F)c12. The summed E-state index contributed by atoms with van der Waals surface area (Å²) in [5, 5.41) is 0.413. The monoisotopic (exact) mass is 667 g/mol. The minimum Gasteiger partial charge on any atom is -0.461 e. The van der Waals surface area contributed by atoms with E-state index in [1.807, 2.05) is 0 Å². The molecule has 0 unspecified atom stereocenters. The summed E-state index contributed by atoms with van der Waals surface area (Å²) in [4.78, 5) is 17.6. The normalized spacial score (nSPS) is 29.1. The van der Waals surface area contributed by atoms with Gasteiger partial charge in [-0.15, -0.1) is 0 Å². The first-order chi connectivity index (χ1) is 24.0. The maximum Gasteiger partial charge on any atom is 0.319 e. The second-order valence-electron chi connectivity index (χ2n) is 13.6. The molecule has 4 aromatic rings. The van der Waals surface area contributed by atoms with Crippen molar-refractivity contribution in [2.75, 3.05) is 51.2 Å². The first-order valence-electron chi connectivity index (χ1n) is 17.1. The van der Waals surface area contributed by atoms with Crippen LogP contribution in [-0.2, 0) is 4.74 Å². The Balaban J connectivity index is 1.19. The summed E-state index contributed by atoms with van der Waals surface area (Å²) in [5.74, 6) is -2.89. The molecular weight excluding hydrogens is 633 g/mol. The Bertz CT molecular complexity index is 2080. The zero-order valence-electron chi connectivity index (χ0n) is 27.7. The molecule has 9 rings (SSSR count). The van der Waals surface area contributed by atoms with Gasteiger partial charge in [0.25, 0.3) is 0 Å². The van der Waals surface area contributed by atoms with Gasteiger partial charge in [-0.2, -0.15) is 9.97 Å². The van der Waals surface area contributed by atoms with Gasteiger partial charge in [0.05, 0.1) is 36.5 Å². The Morgan fingerprint density at radius 1 is 1.10 bits per heavy atom. The van der Waals surface area contributed by atoms with Crippen molar-refractivity contribution in [1.29, 1.82) is 0 Å². The van der Waals surface area contributed by atoms with Crippen LogP contribution in [0.3, 0.4) is 0 Å². The van der Waals surface area contributed by atoms with E-state index in [-0.39, 0.29) is 70.5 Å². The van der Waals surface area contributed by atoms with E-state index in [4.69, 9.17) is 21.9 Å². The van der Waals surface area contributed by atoms with E-state index in [2.05, 4.69) is 14.9 Å². The van der Waals surface area contributed by atoms with E-state index in [0.29, 0.717) is 36.9 Å². The maximum atomic E-state index is 17.0. The standard InChI is InChI=1S/C35H32F5N5O3/c36-13-19-12-35(34(6-7-34)8-9-44(35)15-19)17-47-33-42-29-22(32(43-33)45-10-11-46-16-23-26(39)30(23)45)14-41-28(27(29)40)21-3-1-2-20-4-5-24(38)31(25(20)21)48-18-37/h1-5,13-14,23,26,30H,6-12,15-18H2/b19-13+/t23-,26-,30-,35-/m0/s1/i18D2. The smallest absolute Gasteiger partial charge is 0.319 e. The number of rotatable bonds is 7. The van der Waals surface area contributed by atoms with Gasteiger partial charge in [-0.05, 0) is 54.7 Å². The van der Waals surface area contributed by atoms with Crippen LogP contribution in [-0.4, -0.2) is 83.9 Å². The van der Waals surface area contributed by atoms with Crippen LogP contribution in [0.4, 0.5) is 27.8 Å². The lowest BCUT2D eigenvalue weighted by Gasteiger charge is -2.36. The van der Waals surface area contributed by atoms with Crippen molar-refractivity contribution in [3.63, 3.8) is 0 Å². The summed E-state index contributed by atoms with van der Waals surface area (Å²) in [6.07, 6.45) is 4.31. The highest BCUT2D eigenvalue weighted by Gasteiger charge is 2.67. The molecule has 0 N–H and O–H groups in total. The molecule has 2 aromatic carbocycles. The minimum absolute atomic E-state index is 0.00480. The fourth-order valence-electron chi connectivity index (χ4n) is 8.59. The molecule has 4 atom stereocenters. The maximum absolute atomic E-state index is 17.0. The van der Waals surface area contributed by atoms with Crippen LogP contribution < -0.4 is 14.4 Å². The molecule has 3 aliphatic heterocycles. The molecule has 5 heterocycles. The molecule has 8 nitrogen and oxygen atoms in total. The van der Waals surface area contributed by atoms with E-state index in [1.54, 1.807) is 17.0 Å². The molecule has 5 fully saturated rings. The average Bonchev–Trinajstić information content (AvgIpc) is 3.96. The van der Waals surface area contributed by atoms with Crippen molar-refractivity contribution in [3.05, 3.63) is 60.1 Å². The van der Waals surface area contributed by atoms with Crippen molar-refractivity contribution >= 4 is 27.5 Å². The van der Waals surface area contributed by atoms with Gasteiger partial charge in [-0.3, -0.25) is 9.88 Å². The van der Waals surface area contributed by atoms with Crippen LogP contribution in [0, 0.1) is 23.0 Å². The van der Waals surface area contributed by atoms with Crippen LogP contribution in [0.25, 0.3) is 32.9 Å². The van der Waals surface area contributed by atoms with Crippen molar-refractivity contribution in [1.82, 2.24) is 19.9 Å². The number of fused-ring (bicyclic) bond motifs is 5. The van der Waals surface area contributed by atoms with E-state index in [0.717, 1.165) is 31.9 Å². The number of anilines is 1. The number of pyridine rings is 1. The van der Waals surface area contributed by atoms with Gasteiger partial charge in [-0.1, -0.05) is 24.3 Å². The first kappa shape index (κ1) is 27.8. The molecule has 0 bridgehead atoms. The van der Waals surface area contributed by atoms with Crippen LogP contribution in [0.1, 0.15) is 28.4 Å². The number of benzene rings is 2. The fourth-order valence-corrected chi connectivity index (χ4v) is 8.59. The fraction of sp³-hybridized carbons (Fsp3) is 0.457. The lowest BCUT2D eigenvalue weighted by atomic mass is 9.80. The van der Waals surface area contributed by atoms with Gasteiger partial charge in [0.1, 0.15) is 32.5 Å². The zero-order chi connectivity index (χ0) is 34.6. The molecule has 0 amide bonds.